The number of para-hydroxylation sites is 1. The number of likely N-dealkylation sites (N-methyl/N-ethyl adjacent to an activating group) is 1. The van der Waals surface area contributed by atoms with Crippen LogP contribution in [0, 0.1) is 5.82 Å². The molecule has 3 heterocycles. The van der Waals surface area contributed by atoms with Crippen molar-refractivity contribution in [2.45, 2.75) is 13.5 Å². The van der Waals surface area contributed by atoms with E-state index in [0.717, 1.165) is 52.2 Å². The van der Waals surface area contributed by atoms with Gasteiger partial charge in [-0.25, -0.2) is 9.37 Å². The van der Waals surface area contributed by atoms with Crippen LogP contribution >= 0.6 is 0 Å². The Morgan fingerprint density at radius 3 is 2.86 bits per heavy atom. The molecule has 1 aliphatic heterocycles. The number of halogens is 1. The van der Waals surface area contributed by atoms with Crippen molar-refractivity contribution in [2.75, 3.05) is 18.5 Å². The Morgan fingerprint density at radius 2 is 2.00 bits per heavy atom. The zero-order chi connectivity index (χ0) is 20.0. The number of imidazole rings is 1. The van der Waals surface area contributed by atoms with Crippen molar-refractivity contribution in [3.05, 3.63) is 66.4 Å². The number of aryl methyl sites for hydroxylation is 1. The average molecular weight is 385 g/mol. The van der Waals surface area contributed by atoms with E-state index in [0.29, 0.717) is 5.56 Å². The van der Waals surface area contributed by atoms with E-state index in [1.54, 1.807) is 18.6 Å². The quantitative estimate of drug-likeness (QED) is 0.509. The van der Waals surface area contributed by atoms with Crippen molar-refractivity contribution in [1.82, 2.24) is 19.7 Å². The summed E-state index contributed by atoms with van der Waals surface area (Å²) in [5, 5.41) is 8.38. The fourth-order valence-corrected chi connectivity index (χ4v) is 3.98. The molecular weight excluding hydrogens is 365 g/mol. The average Bonchev–Trinajstić information content (AvgIpc) is 3.17. The third-order valence-electron chi connectivity index (χ3n) is 5.44. The largest absolute Gasteiger partial charge is 0.370 e. The molecule has 0 radical (unpaired) electrons. The van der Waals surface area contributed by atoms with Gasteiger partial charge in [0, 0.05) is 36.8 Å². The first-order valence-corrected chi connectivity index (χ1v) is 9.65. The van der Waals surface area contributed by atoms with Crippen LogP contribution in [0.4, 0.5) is 10.1 Å². The Morgan fingerprint density at radius 1 is 1.10 bits per heavy atom. The number of fused-ring (bicyclic) bond motifs is 2. The van der Waals surface area contributed by atoms with Crippen LogP contribution in [0.15, 0.2) is 55.0 Å². The second kappa shape index (κ2) is 6.81. The van der Waals surface area contributed by atoms with Crippen LogP contribution in [0.2, 0.25) is 0 Å². The first-order valence-electron chi connectivity index (χ1n) is 9.65. The Labute approximate surface area is 168 Å². The molecule has 0 saturated carbocycles. The summed E-state index contributed by atoms with van der Waals surface area (Å²) in [4.78, 5) is 6.67. The van der Waals surface area contributed by atoms with E-state index < -0.39 is 0 Å². The van der Waals surface area contributed by atoms with Crippen LogP contribution in [-0.4, -0.2) is 33.3 Å². The van der Waals surface area contributed by atoms with Crippen LogP contribution in [0.1, 0.15) is 12.5 Å². The topological polar surface area (TPSA) is 46.8 Å². The Kier molecular flexibility index (Phi) is 4.12. The van der Waals surface area contributed by atoms with Crippen LogP contribution in [0.25, 0.3) is 39.5 Å². The van der Waals surface area contributed by atoms with Crippen molar-refractivity contribution in [3.8, 4) is 22.3 Å². The number of nitrogens with zero attached hydrogens (tertiary/aromatic N) is 5. The number of aromatic nitrogens is 4. The standard InChI is InChI=1S/C23H20FN5/c1-3-29-14-25-21-19(13-26-27-23(21)29)16-9-10-20(24)18(12-16)17-8-4-6-15-7-5-11-28(2)22(15)17/h4-10,12-14H,3,11H2,1-2H3. The molecule has 0 N–H and O–H groups in total. The molecule has 0 bridgehead atoms. The van der Waals surface area contributed by atoms with Gasteiger partial charge in [-0.2, -0.15) is 5.10 Å². The Hall–Kier alpha value is -3.54. The third-order valence-corrected chi connectivity index (χ3v) is 5.44. The molecule has 2 aromatic heterocycles. The highest BCUT2D eigenvalue weighted by molar-refractivity contribution is 5.92. The number of hydrogen-bond acceptors (Lipinski definition) is 4. The van der Waals surface area contributed by atoms with Gasteiger partial charge in [-0.15, -0.1) is 5.10 Å². The zero-order valence-corrected chi connectivity index (χ0v) is 16.3. The van der Waals surface area contributed by atoms with E-state index in [1.165, 1.54) is 6.07 Å². The maximum absolute atomic E-state index is 15.0. The minimum absolute atomic E-state index is 0.248. The lowest BCUT2D eigenvalue weighted by Crippen LogP contribution is -2.21. The van der Waals surface area contributed by atoms with Crippen LogP contribution < -0.4 is 4.90 Å². The van der Waals surface area contributed by atoms with Crippen molar-refractivity contribution >= 4 is 22.9 Å². The van der Waals surface area contributed by atoms with Crippen molar-refractivity contribution in [2.24, 2.45) is 0 Å². The van der Waals surface area contributed by atoms with Gasteiger partial charge in [-0.3, -0.25) is 0 Å². The van der Waals surface area contributed by atoms with E-state index in [9.17, 15) is 4.39 Å². The summed E-state index contributed by atoms with van der Waals surface area (Å²) in [7, 11) is 2.03. The Balaban J connectivity index is 1.71. The lowest BCUT2D eigenvalue weighted by molar-refractivity contribution is 0.631. The summed E-state index contributed by atoms with van der Waals surface area (Å²) in [6, 6.07) is 11.2. The highest BCUT2D eigenvalue weighted by atomic mass is 19.1. The zero-order valence-electron chi connectivity index (χ0n) is 16.3. The fourth-order valence-electron chi connectivity index (χ4n) is 3.98. The van der Waals surface area contributed by atoms with E-state index >= 15 is 0 Å². The lowest BCUT2D eigenvalue weighted by atomic mass is 9.94. The van der Waals surface area contributed by atoms with Crippen molar-refractivity contribution in [3.63, 3.8) is 0 Å². The molecule has 6 heteroatoms. The molecule has 5 nitrogen and oxygen atoms in total. The number of rotatable bonds is 3. The highest BCUT2D eigenvalue weighted by Crippen LogP contribution is 2.39. The molecule has 0 atom stereocenters. The van der Waals surface area contributed by atoms with Gasteiger partial charge in [0.15, 0.2) is 5.65 Å². The molecular formula is C23H20FN5. The molecule has 0 fully saturated rings. The molecule has 5 rings (SSSR count). The molecule has 4 aromatic rings. The highest BCUT2D eigenvalue weighted by Gasteiger charge is 2.19. The van der Waals surface area contributed by atoms with E-state index in [1.807, 2.05) is 36.7 Å². The van der Waals surface area contributed by atoms with Gasteiger partial charge in [0.2, 0.25) is 0 Å². The molecule has 1 aliphatic rings. The smallest absolute Gasteiger partial charge is 0.183 e. The second-order valence-corrected chi connectivity index (χ2v) is 7.18. The third kappa shape index (κ3) is 2.79. The minimum Gasteiger partial charge on any atom is -0.370 e. The minimum atomic E-state index is -0.248. The van der Waals surface area contributed by atoms with Gasteiger partial charge in [0.1, 0.15) is 11.3 Å². The maximum atomic E-state index is 15.0. The summed E-state index contributed by atoms with van der Waals surface area (Å²) in [5.41, 5.74) is 6.81. The van der Waals surface area contributed by atoms with Gasteiger partial charge >= 0.3 is 0 Å². The number of anilines is 1. The van der Waals surface area contributed by atoms with Crippen molar-refractivity contribution in [1.29, 1.82) is 0 Å². The summed E-state index contributed by atoms with van der Waals surface area (Å²) >= 11 is 0. The molecule has 0 amide bonds. The molecule has 2 aromatic carbocycles. The monoisotopic (exact) mass is 385 g/mol. The van der Waals surface area contributed by atoms with E-state index in [4.69, 9.17) is 0 Å². The van der Waals surface area contributed by atoms with Crippen LogP contribution in [0.3, 0.4) is 0 Å². The van der Waals surface area contributed by atoms with Gasteiger partial charge in [0.05, 0.1) is 18.2 Å². The van der Waals surface area contributed by atoms with Gasteiger partial charge < -0.3 is 9.47 Å². The molecule has 0 unspecified atom stereocenters. The summed E-state index contributed by atoms with van der Waals surface area (Å²) in [6.45, 7) is 3.60. The summed E-state index contributed by atoms with van der Waals surface area (Å²) in [5.74, 6) is -0.248. The predicted octanol–water partition coefficient (Wildman–Crippen LogP) is 4.78. The molecule has 29 heavy (non-hydrogen) atoms. The number of hydrogen-bond donors (Lipinski definition) is 0. The van der Waals surface area contributed by atoms with E-state index in [2.05, 4.69) is 38.3 Å². The van der Waals surface area contributed by atoms with E-state index in [-0.39, 0.29) is 5.82 Å². The normalized spacial score (nSPS) is 13.1. The summed E-state index contributed by atoms with van der Waals surface area (Å²) < 4.78 is 16.9. The second-order valence-electron chi connectivity index (χ2n) is 7.18. The Bertz CT molecular complexity index is 1260. The lowest BCUT2D eigenvalue weighted by Gasteiger charge is -2.27. The van der Waals surface area contributed by atoms with Gasteiger partial charge in [0.25, 0.3) is 0 Å². The fraction of sp³-hybridized carbons (Fsp3) is 0.174. The van der Waals surface area contributed by atoms with Gasteiger partial charge in [-0.1, -0.05) is 36.4 Å². The molecule has 0 spiro atoms. The van der Waals surface area contributed by atoms with Gasteiger partial charge in [-0.05, 0) is 30.2 Å². The van der Waals surface area contributed by atoms with Crippen molar-refractivity contribution < 1.29 is 4.39 Å². The first-order chi connectivity index (χ1) is 14.2. The number of benzene rings is 2. The maximum Gasteiger partial charge on any atom is 0.183 e. The molecule has 144 valence electrons. The molecule has 0 saturated heterocycles. The SMILES string of the molecule is CCn1cnc2c(-c3ccc(F)c(-c4cccc5c4N(C)CC=C5)c3)cnnc21. The summed E-state index contributed by atoms with van der Waals surface area (Å²) in [6.07, 6.45) is 7.67. The predicted molar refractivity (Wildman–Crippen MR) is 114 cm³/mol. The van der Waals surface area contributed by atoms with Crippen LogP contribution in [0.5, 0.6) is 0 Å². The molecule has 0 aliphatic carbocycles. The first kappa shape index (κ1) is 17.6. The van der Waals surface area contributed by atoms with Crippen LogP contribution in [-0.2, 0) is 6.54 Å².